The molecule has 0 saturated heterocycles. The monoisotopic (exact) mass is 293 g/mol. The Balaban J connectivity index is 1.87. The second kappa shape index (κ2) is 5.48. The lowest BCUT2D eigenvalue weighted by atomic mass is 10.1. The van der Waals surface area contributed by atoms with Crippen LogP contribution < -0.4 is 4.74 Å². The molecule has 2 aromatic carbocycles. The maximum atomic E-state index is 12.4. The quantitative estimate of drug-likeness (QED) is 0.814. The van der Waals surface area contributed by atoms with Gasteiger partial charge in [-0.2, -0.15) is 0 Å². The summed E-state index contributed by atoms with van der Waals surface area (Å²) in [6.07, 6.45) is 0. The first-order valence-electron chi connectivity index (χ1n) is 6.90. The molecule has 0 aromatic heterocycles. The molecule has 4 nitrogen and oxygen atoms in total. The minimum absolute atomic E-state index is 0.146. The minimum Gasteiger partial charge on any atom is -0.496 e. The second-order valence-corrected chi connectivity index (χ2v) is 5.05. The van der Waals surface area contributed by atoms with Gasteiger partial charge in [0.2, 0.25) is 0 Å². The average molecular weight is 293 g/mol. The highest BCUT2D eigenvalue weighted by Gasteiger charge is 2.35. The molecule has 0 spiro atoms. The number of methoxy groups -OCH3 is 1. The molecule has 1 heterocycles. The molecule has 22 heavy (non-hydrogen) atoms. The molecule has 2 amide bonds. The van der Waals surface area contributed by atoms with Gasteiger partial charge in [-0.15, -0.1) is 0 Å². The number of hydrogen-bond acceptors (Lipinski definition) is 3. The van der Waals surface area contributed by atoms with Crippen molar-refractivity contribution >= 4 is 17.4 Å². The first-order valence-corrected chi connectivity index (χ1v) is 6.90. The van der Waals surface area contributed by atoms with Gasteiger partial charge in [0.1, 0.15) is 5.75 Å². The van der Waals surface area contributed by atoms with Gasteiger partial charge >= 0.3 is 0 Å². The van der Waals surface area contributed by atoms with Crippen molar-refractivity contribution in [2.75, 3.05) is 13.7 Å². The van der Waals surface area contributed by atoms with Crippen LogP contribution in [0.3, 0.4) is 0 Å². The Hall–Kier alpha value is -2.88. The summed E-state index contributed by atoms with van der Waals surface area (Å²) in [6.45, 7) is 4.15. The van der Waals surface area contributed by atoms with Gasteiger partial charge in [0, 0.05) is 5.56 Å². The van der Waals surface area contributed by atoms with Crippen molar-refractivity contribution in [3.63, 3.8) is 0 Å². The molecule has 1 aliphatic rings. The molecule has 0 radical (unpaired) electrons. The van der Waals surface area contributed by atoms with Crippen molar-refractivity contribution in [1.29, 1.82) is 0 Å². The summed E-state index contributed by atoms with van der Waals surface area (Å²) < 4.78 is 5.30. The Labute approximate surface area is 128 Å². The number of carbonyl (C=O) groups is 2. The molecule has 1 aliphatic heterocycles. The Morgan fingerprint density at radius 3 is 2.14 bits per heavy atom. The number of nitrogens with zero attached hydrogens (tertiary/aromatic N) is 1. The summed E-state index contributed by atoms with van der Waals surface area (Å²) >= 11 is 0. The maximum absolute atomic E-state index is 12.4. The summed E-state index contributed by atoms with van der Waals surface area (Å²) in [5, 5.41) is 0. The van der Waals surface area contributed by atoms with E-state index in [0.29, 0.717) is 22.4 Å². The zero-order valence-corrected chi connectivity index (χ0v) is 12.2. The van der Waals surface area contributed by atoms with Crippen molar-refractivity contribution in [3.05, 3.63) is 71.8 Å². The number of ether oxygens (including phenoxy) is 1. The molecule has 0 fully saturated rings. The summed E-state index contributed by atoms with van der Waals surface area (Å²) in [7, 11) is 1.58. The van der Waals surface area contributed by atoms with Crippen LogP contribution >= 0.6 is 0 Å². The van der Waals surface area contributed by atoms with Crippen molar-refractivity contribution in [2.24, 2.45) is 0 Å². The third-order valence-electron chi connectivity index (χ3n) is 3.72. The van der Waals surface area contributed by atoms with E-state index < -0.39 is 0 Å². The van der Waals surface area contributed by atoms with Crippen LogP contribution in [0.1, 0.15) is 26.3 Å². The van der Waals surface area contributed by atoms with Crippen LogP contribution in [0.15, 0.2) is 55.1 Å². The van der Waals surface area contributed by atoms with Crippen LogP contribution in [-0.2, 0) is 0 Å². The number of carbonyl (C=O) groups excluding carboxylic acids is 2. The Bertz CT molecular complexity index is 744. The first-order chi connectivity index (χ1) is 10.6. The highest BCUT2D eigenvalue weighted by Crippen LogP contribution is 2.28. The van der Waals surface area contributed by atoms with Gasteiger partial charge in [0.25, 0.3) is 11.8 Å². The fourth-order valence-electron chi connectivity index (χ4n) is 2.60. The Morgan fingerprint density at radius 1 is 1.00 bits per heavy atom. The molecule has 0 unspecified atom stereocenters. The topological polar surface area (TPSA) is 46.6 Å². The molecule has 110 valence electrons. The van der Waals surface area contributed by atoms with Crippen LogP contribution in [0.25, 0.3) is 5.57 Å². The third-order valence-corrected chi connectivity index (χ3v) is 3.72. The van der Waals surface area contributed by atoms with E-state index in [1.807, 2.05) is 24.3 Å². The molecule has 0 aliphatic carbocycles. The van der Waals surface area contributed by atoms with Gasteiger partial charge in [0.05, 0.1) is 24.8 Å². The van der Waals surface area contributed by atoms with E-state index in [-0.39, 0.29) is 18.4 Å². The van der Waals surface area contributed by atoms with E-state index in [4.69, 9.17) is 4.74 Å². The lowest BCUT2D eigenvalue weighted by molar-refractivity contribution is 0.0675. The van der Waals surface area contributed by atoms with Crippen LogP contribution in [0.5, 0.6) is 5.75 Å². The molecular formula is C18H15NO3. The molecule has 2 aromatic rings. The molecule has 0 saturated carbocycles. The summed E-state index contributed by atoms with van der Waals surface area (Å²) in [6, 6.07) is 14.2. The zero-order valence-electron chi connectivity index (χ0n) is 12.2. The number of imide groups is 1. The van der Waals surface area contributed by atoms with E-state index in [0.717, 1.165) is 5.56 Å². The van der Waals surface area contributed by atoms with E-state index >= 15 is 0 Å². The van der Waals surface area contributed by atoms with Gasteiger partial charge in [-0.25, -0.2) is 0 Å². The van der Waals surface area contributed by atoms with E-state index in [9.17, 15) is 9.59 Å². The van der Waals surface area contributed by atoms with Gasteiger partial charge < -0.3 is 4.74 Å². The lowest BCUT2D eigenvalue weighted by Crippen LogP contribution is -2.31. The number of hydrogen-bond donors (Lipinski definition) is 0. The van der Waals surface area contributed by atoms with E-state index in [1.165, 1.54) is 4.90 Å². The fourth-order valence-corrected chi connectivity index (χ4v) is 2.60. The standard InChI is InChI=1S/C18H15NO3/c1-12(13-7-5-6-10-16(13)22-2)11-19-17(20)14-8-3-4-9-15(14)18(19)21/h3-10H,1,11H2,2H3. The van der Waals surface area contributed by atoms with Crippen LogP contribution in [-0.4, -0.2) is 30.4 Å². The fraction of sp³-hybridized carbons (Fsp3) is 0.111. The predicted molar refractivity (Wildman–Crippen MR) is 83.8 cm³/mol. The summed E-state index contributed by atoms with van der Waals surface area (Å²) in [4.78, 5) is 25.9. The smallest absolute Gasteiger partial charge is 0.261 e. The third kappa shape index (κ3) is 2.19. The van der Waals surface area contributed by atoms with E-state index in [1.54, 1.807) is 31.4 Å². The van der Waals surface area contributed by atoms with Gasteiger partial charge in [-0.1, -0.05) is 36.9 Å². The van der Waals surface area contributed by atoms with Crippen molar-refractivity contribution in [3.8, 4) is 5.75 Å². The lowest BCUT2D eigenvalue weighted by Gasteiger charge is -2.17. The summed E-state index contributed by atoms with van der Waals surface area (Å²) in [5.74, 6) is 0.109. The predicted octanol–water partition coefficient (Wildman–Crippen LogP) is 3.00. The molecular weight excluding hydrogens is 278 g/mol. The van der Waals surface area contributed by atoms with Gasteiger partial charge in [0.15, 0.2) is 0 Å². The molecule has 0 bridgehead atoms. The maximum Gasteiger partial charge on any atom is 0.261 e. The number of rotatable bonds is 4. The Morgan fingerprint density at radius 2 is 1.55 bits per heavy atom. The van der Waals surface area contributed by atoms with Gasteiger partial charge in [-0.05, 0) is 23.8 Å². The SMILES string of the molecule is C=C(CN1C(=O)c2ccccc2C1=O)c1ccccc1OC. The number of para-hydroxylation sites is 1. The zero-order chi connectivity index (χ0) is 15.7. The molecule has 4 heteroatoms. The van der Waals surface area contributed by atoms with Crippen LogP contribution in [0.2, 0.25) is 0 Å². The van der Waals surface area contributed by atoms with E-state index in [2.05, 4.69) is 6.58 Å². The molecule has 3 rings (SSSR count). The Kier molecular flexibility index (Phi) is 3.51. The number of benzene rings is 2. The second-order valence-electron chi connectivity index (χ2n) is 5.05. The first kappa shape index (κ1) is 14.1. The molecule has 0 N–H and O–H groups in total. The molecule has 0 atom stereocenters. The van der Waals surface area contributed by atoms with Crippen molar-refractivity contribution < 1.29 is 14.3 Å². The van der Waals surface area contributed by atoms with Crippen molar-refractivity contribution in [2.45, 2.75) is 0 Å². The minimum atomic E-state index is -0.281. The largest absolute Gasteiger partial charge is 0.496 e. The highest BCUT2D eigenvalue weighted by molar-refractivity contribution is 6.21. The summed E-state index contributed by atoms with van der Waals surface area (Å²) in [5.41, 5.74) is 2.34. The highest BCUT2D eigenvalue weighted by atomic mass is 16.5. The van der Waals surface area contributed by atoms with Crippen LogP contribution in [0.4, 0.5) is 0 Å². The van der Waals surface area contributed by atoms with Crippen LogP contribution in [0, 0.1) is 0 Å². The van der Waals surface area contributed by atoms with Gasteiger partial charge in [-0.3, -0.25) is 14.5 Å². The normalized spacial score (nSPS) is 13.2. The average Bonchev–Trinajstić information content (AvgIpc) is 2.80. The number of amides is 2. The number of fused-ring (bicyclic) bond motifs is 1. The van der Waals surface area contributed by atoms with Crippen molar-refractivity contribution in [1.82, 2.24) is 4.90 Å².